The van der Waals surface area contributed by atoms with Crippen molar-refractivity contribution in [2.75, 3.05) is 30.9 Å². The van der Waals surface area contributed by atoms with E-state index in [2.05, 4.69) is 6.07 Å². The second-order valence-electron chi connectivity index (χ2n) is 7.19. The van der Waals surface area contributed by atoms with E-state index >= 15 is 0 Å². The van der Waals surface area contributed by atoms with Crippen molar-refractivity contribution >= 4 is 29.3 Å². The van der Waals surface area contributed by atoms with Crippen molar-refractivity contribution in [3.63, 3.8) is 0 Å². The predicted octanol–water partition coefficient (Wildman–Crippen LogP) is 2.79. The normalized spacial score (nSPS) is 20.2. The van der Waals surface area contributed by atoms with Gasteiger partial charge in [-0.25, -0.2) is 0 Å². The Morgan fingerprint density at radius 1 is 1.31 bits per heavy atom. The molecule has 6 nitrogen and oxygen atoms in total. The van der Waals surface area contributed by atoms with Crippen LogP contribution >= 0.6 is 11.8 Å². The lowest BCUT2D eigenvalue weighted by molar-refractivity contribution is -0.143. The lowest BCUT2D eigenvalue weighted by atomic mass is 10.0. The van der Waals surface area contributed by atoms with Gasteiger partial charge in [-0.15, -0.1) is 11.8 Å². The molecule has 2 heterocycles. The zero-order valence-electron chi connectivity index (χ0n) is 16.3. The topological polar surface area (TPSA) is 73.6 Å². The van der Waals surface area contributed by atoms with Gasteiger partial charge in [0.05, 0.1) is 23.9 Å². The fraction of sp³-hybridized carbons (Fsp3) is 0.318. The second-order valence-corrected chi connectivity index (χ2v) is 8.48. The summed E-state index contributed by atoms with van der Waals surface area (Å²) < 4.78 is 5.06. The third-order valence-corrected chi connectivity index (χ3v) is 6.73. The lowest BCUT2D eigenvalue weighted by Crippen LogP contribution is -2.51. The van der Waals surface area contributed by atoms with Crippen LogP contribution in [-0.2, 0) is 25.7 Å². The minimum atomic E-state index is -1.05. The van der Waals surface area contributed by atoms with E-state index in [1.54, 1.807) is 21.9 Å². The molecule has 148 valence electrons. The maximum Gasteiger partial charge on any atom is 0.268 e. The molecule has 7 heteroatoms. The first-order chi connectivity index (χ1) is 14.0. The zero-order valence-corrected chi connectivity index (χ0v) is 17.2. The Bertz CT molecular complexity index is 1030. The van der Waals surface area contributed by atoms with Crippen molar-refractivity contribution in [3.05, 3.63) is 64.7 Å². The third-order valence-electron chi connectivity index (χ3n) is 5.31. The predicted molar refractivity (Wildman–Crippen MR) is 111 cm³/mol. The number of anilines is 1. The van der Waals surface area contributed by atoms with Crippen LogP contribution in [0.1, 0.15) is 22.3 Å². The Morgan fingerprint density at radius 2 is 2.14 bits per heavy atom. The summed E-state index contributed by atoms with van der Waals surface area (Å²) in [6.45, 7) is 2.78. The Hall–Kier alpha value is -2.82. The minimum absolute atomic E-state index is 0.0546. The van der Waals surface area contributed by atoms with Gasteiger partial charge in [0, 0.05) is 25.0 Å². The highest BCUT2D eigenvalue weighted by Gasteiger charge is 2.59. The molecule has 2 amide bonds. The molecule has 0 saturated carbocycles. The number of benzene rings is 2. The average molecular weight is 407 g/mol. The first-order valence-corrected chi connectivity index (χ1v) is 10.4. The summed E-state index contributed by atoms with van der Waals surface area (Å²) in [5.74, 6) is 0.380. The molecule has 0 aliphatic carbocycles. The van der Waals surface area contributed by atoms with Gasteiger partial charge in [-0.2, -0.15) is 5.26 Å². The molecule has 1 fully saturated rings. The fourth-order valence-corrected chi connectivity index (χ4v) is 5.54. The molecule has 2 aromatic carbocycles. The van der Waals surface area contributed by atoms with Gasteiger partial charge in [0.25, 0.3) is 5.91 Å². The zero-order chi connectivity index (χ0) is 20.6. The summed E-state index contributed by atoms with van der Waals surface area (Å²) in [5.41, 5.74) is 4.13. The van der Waals surface area contributed by atoms with Crippen molar-refractivity contribution in [1.29, 1.82) is 5.26 Å². The van der Waals surface area contributed by atoms with Gasteiger partial charge in [-0.05, 0) is 30.7 Å². The molecule has 0 unspecified atom stereocenters. The summed E-state index contributed by atoms with van der Waals surface area (Å²) in [7, 11) is 1.48. The highest BCUT2D eigenvalue weighted by molar-refractivity contribution is 8.01. The number of rotatable bonds is 4. The van der Waals surface area contributed by atoms with E-state index in [9.17, 15) is 14.9 Å². The summed E-state index contributed by atoms with van der Waals surface area (Å²) in [6.07, 6.45) is 0. The molecule has 1 saturated heterocycles. The summed E-state index contributed by atoms with van der Waals surface area (Å²) in [4.78, 5) is 28.9. The number of amides is 2. The Morgan fingerprint density at radius 3 is 2.90 bits per heavy atom. The van der Waals surface area contributed by atoms with Gasteiger partial charge in [0.2, 0.25) is 5.91 Å². The summed E-state index contributed by atoms with van der Waals surface area (Å²) >= 11 is 1.50. The monoisotopic (exact) mass is 407 g/mol. The molecule has 1 atom stereocenters. The molecule has 1 spiro atoms. The number of carbonyl (C=O) groups excluding carboxylic acids is 2. The van der Waals surface area contributed by atoms with E-state index in [1.165, 1.54) is 18.9 Å². The van der Waals surface area contributed by atoms with Crippen LogP contribution in [0.4, 0.5) is 5.69 Å². The van der Waals surface area contributed by atoms with Gasteiger partial charge in [0.1, 0.15) is 6.61 Å². The Balaban J connectivity index is 1.79. The number of fused-ring (bicyclic) bond motifs is 2. The van der Waals surface area contributed by atoms with E-state index in [-0.39, 0.29) is 18.4 Å². The van der Waals surface area contributed by atoms with E-state index in [0.717, 1.165) is 22.4 Å². The van der Waals surface area contributed by atoms with E-state index < -0.39 is 4.87 Å². The molecular weight excluding hydrogens is 386 g/mol. The van der Waals surface area contributed by atoms with Crippen LogP contribution in [0.25, 0.3) is 0 Å². The first-order valence-electron chi connectivity index (χ1n) is 9.36. The van der Waals surface area contributed by atoms with Crippen molar-refractivity contribution in [2.45, 2.75) is 18.3 Å². The molecule has 2 aromatic rings. The van der Waals surface area contributed by atoms with Crippen molar-refractivity contribution in [2.24, 2.45) is 0 Å². The van der Waals surface area contributed by atoms with Gasteiger partial charge in [-0.3, -0.25) is 9.59 Å². The number of carbonyl (C=O) groups is 2. The van der Waals surface area contributed by atoms with Crippen LogP contribution < -0.4 is 4.90 Å². The van der Waals surface area contributed by atoms with E-state index in [4.69, 9.17) is 4.74 Å². The van der Waals surface area contributed by atoms with Crippen molar-refractivity contribution in [1.82, 2.24) is 4.90 Å². The van der Waals surface area contributed by atoms with Crippen molar-refractivity contribution < 1.29 is 14.3 Å². The number of methoxy groups -OCH3 is 1. The standard InChI is InChI=1S/C22H21N3O3S/c1-15-6-7-19-18(10-15)22(25(8-9-29-22)20(26)14-28-2)21(27)24(19)13-17-5-3-4-16(11-17)12-23/h3-7,10-11H,8-9,13-14H2,1-2H3/t22-/m0/s1. The SMILES string of the molecule is COCC(=O)N1CCS[C@@]12C(=O)N(Cc1cccc(C#N)c1)c1ccc(C)cc12. The van der Waals surface area contributed by atoms with Gasteiger partial charge >= 0.3 is 0 Å². The highest BCUT2D eigenvalue weighted by Crippen LogP contribution is 2.54. The second kappa shape index (κ2) is 7.54. The van der Waals surface area contributed by atoms with Crippen molar-refractivity contribution in [3.8, 4) is 6.07 Å². The lowest BCUT2D eigenvalue weighted by Gasteiger charge is -2.33. The maximum absolute atomic E-state index is 13.8. The number of ether oxygens (including phenoxy) is 1. The summed E-state index contributed by atoms with van der Waals surface area (Å²) in [5, 5.41) is 9.19. The van der Waals surface area contributed by atoms with Gasteiger partial charge in [-0.1, -0.05) is 29.8 Å². The van der Waals surface area contributed by atoms with Gasteiger partial charge in [0.15, 0.2) is 4.87 Å². The first kappa shape index (κ1) is 19.5. The smallest absolute Gasteiger partial charge is 0.268 e. The van der Waals surface area contributed by atoms with Crippen LogP contribution in [0.15, 0.2) is 42.5 Å². The largest absolute Gasteiger partial charge is 0.375 e. The number of nitriles is 1. The molecule has 2 aliphatic rings. The summed E-state index contributed by atoms with van der Waals surface area (Å²) in [6, 6.07) is 15.3. The number of nitrogens with zero attached hydrogens (tertiary/aromatic N) is 3. The number of hydrogen-bond acceptors (Lipinski definition) is 5. The quantitative estimate of drug-likeness (QED) is 0.779. The molecule has 29 heavy (non-hydrogen) atoms. The molecule has 0 N–H and O–H groups in total. The molecule has 2 aliphatic heterocycles. The highest BCUT2D eigenvalue weighted by atomic mass is 32.2. The molecule has 0 radical (unpaired) electrons. The van der Waals surface area contributed by atoms with E-state index in [0.29, 0.717) is 24.4 Å². The minimum Gasteiger partial charge on any atom is -0.375 e. The van der Waals surface area contributed by atoms with Crippen LogP contribution in [0, 0.1) is 18.3 Å². The third kappa shape index (κ3) is 3.09. The van der Waals surface area contributed by atoms with Crippen LogP contribution in [-0.4, -0.2) is 42.7 Å². The Labute approximate surface area is 174 Å². The van der Waals surface area contributed by atoms with Crippen LogP contribution in [0.3, 0.4) is 0 Å². The molecule has 0 bridgehead atoms. The average Bonchev–Trinajstić information content (AvgIpc) is 3.26. The Kier molecular flexibility index (Phi) is 5.07. The van der Waals surface area contributed by atoms with Crippen LogP contribution in [0.5, 0.6) is 0 Å². The van der Waals surface area contributed by atoms with Gasteiger partial charge < -0.3 is 14.5 Å². The molecule has 0 aromatic heterocycles. The number of thioether (sulfide) groups is 1. The number of hydrogen-bond donors (Lipinski definition) is 0. The van der Waals surface area contributed by atoms with E-state index in [1.807, 2.05) is 37.3 Å². The molecular formula is C22H21N3O3S. The fourth-order valence-electron chi connectivity index (χ4n) is 4.07. The number of aryl methyl sites for hydroxylation is 1. The van der Waals surface area contributed by atoms with Crippen LogP contribution in [0.2, 0.25) is 0 Å². The maximum atomic E-state index is 13.8. The molecule has 4 rings (SSSR count).